The monoisotopic (exact) mass is 327 g/mol. The Morgan fingerprint density at radius 1 is 1.27 bits per heavy atom. The molecule has 1 aromatic rings. The van der Waals surface area contributed by atoms with Crippen LogP contribution in [0.2, 0.25) is 0 Å². The lowest BCUT2D eigenvalue weighted by Crippen LogP contribution is -2.42. The summed E-state index contributed by atoms with van der Waals surface area (Å²) < 4.78 is 26.3. The molecular formula is C13H17N3O5S. The average Bonchev–Trinajstić information content (AvgIpc) is 2.54. The van der Waals surface area contributed by atoms with Crippen molar-refractivity contribution in [3.63, 3.8) is 0 Å². The van der Waals surface area contributed by atoms with Crippen LogP contribution < -0.4 is 5.32 Å². The molecule has 1 heterocycles. The van der Waals surface area contributed by atoms with E-state index in [1.165, 1.54) is 28.6 Å². The molecule has 1 aromatic carbocycles. The second kappa shape index (κ2) is 6.41. The molecule has 0 atom stereocenters. The van der Waals surface area contributed by atoms with Gasteiger partial charge in [0.05, 0.1) is 9.82 Å². The van der Waals surface area contributed by atoms with Crippen molar-refractivity contribution in [3.8, 4) is 0 Å². The van der Waals surface area contributed by atoms with Crippen LogP contribution >= 0.6 is 0 Å². The van der Waals surface area contributed by atoms with E-state index in [9.17, 15) is 23.3 Å². The molecule has 1 aliphatic heterocycles. The zero-order valence-corrected chi connectivity index (χ0v) is 12.9. The van der Waals surface area contributed by atoms with E-state index in [2.05, 4.69) is 5.32 Å². The summed E-state index contributed by atoms with van der Waals surface area (Å²) in [5, 5.41) is 13.2. The molecule has 1 N–H and O–H groups in total. The first-order valence-electron chi connectivity index (χ1n) is 6.82. The van der Waals surface area contributed by atoms with E-state index in [4.69, 9.17) is 0 Å². The predicted octanol–water partition coefficient (Wildman–Crippen LogP) is 0.741. The zero-order chi connectivity index (χ0) is 16.3. The van der Waals surface area contributed by atoms with E-state index in [0.29, 0.717) is 12.8 Å². The van der Waals surface area contributed by atoms with Gasteiger partial charge in [0.15, 0.2) is 0 Å². The lowest BCUT2D eigenvalue weighted by atomic mass is 9.97. The standard InChI is InChI=1S/C13H17N3O5S/c1-14-13(17)10-6-8-15(9-7-10)22(20,21)12-4-2-11(3-5-12)16(18)19/h2-5,10H,6-9H2,1H3,(H,14,17). The number of carbonyl (C=O) groups excluding carboxylic acids is 1. The molecule has 1 fully saturated rings. The topological polar surface area (TPSA) is 110 Å². The summed E-state index contributed by atoms with van der Waals surface area (Å²) in [6, 6.07) is 4.81. The van der Waals surface area contributed by atoms with Gasteiger partial charge in [-0.05, 0) is 25.0 Å². The van der Waals surface area contributed by atoms with Crippen LogP contribution in [0.15, 0.2) is 29.2 Å². The number of hydrogen-bond acceptors (Lipinski definition) is 5. The fourth-order valence-electron chi connectivity index (χ4n) is 2.45. The van der Waals surface area contributed by atoms with Crippen molar-refractivity contribution in [3.05, 3.63) is 34.4 Å². The lowest BCUT2D eigenvalue weighted by molar-refractivity contribution is -0.384. The molecule has 9 heteroatoms. The maximum atomic E-state index is 12.5. The van der Waals surface area contributed by atoms with Crippen molar-refractivity contribution in [2.45, 2.75) is 17.7 Å². The van der Waals surface area contributed by atoms with Crippen molar-refractivity contribution in [1.82, 2.24) is 9.62 Å². The van der Waals surface area contributed by atoms with E-state index in [1.807, 2.05) is 0 Å². The molecule has 120 valence electrons. The van der Waals surface area contributed by atoms with Crippen molar-refractivity contribution < 1.29 is 18.1 Å². The normalized spacial score (nSPS) is 17.1. The van der Waals surface area contributed by atoms with Gasteiger partial charge >= 0.3 is 0 Å². The smallest absolute Gasteiger partial charge is 0.269 e. The van der Waals surface area contributed by atoms with Gasteiger partial charge < -0.3 is 5.32 Å². The number of nitrogens with zero attached hydrogens (tertiary/aromatic N) is 2. The van der Waals surface area contributed by atoms with Crippen LogP contribution in [-0.2, 0) is 14.8 Å². The molecule has 0 spiro atoms. The van der Waals surface area contributed by atoms with Gasteiger partial charge in [-0.1, -0.05) is 0 Å². The van der Waals surface area contributed by atoms with Crippen LogP contribution in [0.3, 0.4) is 0 Å². The fourth-order valence-corrected chi connectivity index (χ4v) is 3.92. The van der Waals surface area contributed by atoms with Crippen LogP contribution in [0, 0.1) is 16.0 Å². The minimum Gasteiger partial charge on any atom is -0.359 e. The van der Waals surface area contributed by atoms with Crippen LogP contribution in [0.25, 0.3) is 0 Å². The molecule has 8 nitrogen and oxygen atoms in total. The molecule has 0 aliphatic carbocycles. The Morgan fingerprint density at radius 2 is 1.82 bits per heavy atom. The predicted molar refractivity (Wildman–Crippen MR) is 78.6 cm³/mol. The van der Waals surface area contributed by atoms with Crippen LogP contribution in [0.5, 0.6) is 0 Å². The Labute approximate surface area is 128 Å². The van der Waals surface area contributed by atoms with Crippen molar-refractivity contribution in [1.29, 1.82) is 0 Å². The van der Waals surface area contributed by atoms with Gasteiger partial charge in [-0.25, -0.2) is 8.42 Å². The number of carbonyl (C=O) groups is 1. The highest BCUT2D eigenvalue weighted by molar-refractivity contribution is 7.89. The molecule has 0 radical (unpaired) electrons. The van der Waals surface area contributed by atoms with Crippen molar-refractivity contribution in [2.24, 2.45) is 5.92 Å². The molecule has 0 bridgehead atoms. The van der Waals surface area contributed by atoms with Gasteiger partial charge in [0.2, 0.25) is 15.9 Å². The van der Waals surface area contributed by atoms with Crippen molar-refractivity contribution in [2.75, 3.05) is 20.1 Å². The van der Waals surface area contributed by atoms with Gasteiger partial charge in [-0.3, -0.25) is 14.9 Å². The van der Waals surface area contributed by atoms with E-state index in [1.54, 1.807) is 7.05 Å². The first-order chi connectivity index (χ1) is 10.4. The summed E-state index contributed by atoms with van der Waals surface area (Å²) in [7, 11) is -2.12. The largest absolute Gasteiger partial charge is 0.359 e. The maximum Gasteiger partial charge on any atom is 0.269 e. The average molecular weight is 327 g/mol. The Hall–Kier alpha value is -2.00. The molecule has 1 aliphatic rings. The highest BCUT2D eigenvalue weighted by Crippen LogP contribution is 2.25. The minimum atomic E-state index is -3.68. The number of nitro groups is 1. The second-order valence-corrected chi connectivity index (χ2v) is 6.98. The highest BCUT2D eigenvalue weighted by atomic mass is 32.2. The molecule has 0 aromatic heterocycles. The summed E-state index contributed by atoms with van der Waals surface area (Å²) in [6.45, 7) is 0.523. The third kappa shape index (κ3) is 3.25. The molecule has 1 amide bonds. The summed E-state index contributed by atoms with van der Waals surface area (Å²) >= 11 is 0. The number of nitrogens with one attached hydrogen (secondary N) is 1. The Morgan fingerprint density at radius 3 is 2.27 bits per heavy atom. The van der Waals surface area contributed by atoms with E-state index < -0.39 is 14.9 Å². The third-order valence-electron chi connectivity index (χ3n) is 3.76. The summed E-state index contributed by atoms with van der Waals surface area (Å²) in [4.78, 5) is 21.6. The fraction of sp³-hybridized carbons (Fsp3) is 0.462. The van der Waals surface area contributed by atoms with E-state index >= 15 is 0 Å². The first kappa shape index (κ1) is 16.4. The van der Waals surface area contributed by atoms with Crippen LogP contribution in [0.4, 0.5) is 5.69 Å². The molecule has 2 rings (SSSR count). The number of rotatable bonds is 4. The Balaban J connectivity index is 2.11. The summed E-state index contributed by atoms with van der Waals surface area (Å²) in [5.41, 5.74) is -0.155. The Kier molecular flexibility index (Phi) is 4.77. The number of sulfonamides is 1. The van der Waals surface area contributed by atoms with Gasteiger partial charge in [-0.15, -0.1) is 0 Å². The summed E-state index contributed by atoms with van der Waals surface area (Å²) in [6.07, 6.45) is 0.928. The van der Waals surface area contributed by atoms with Crippen molar-refractivity contribution >= 4 is 21.6 Å². The van der Waals surface area contributed by atoms with Crippen LogP contribution in [0.1, 0.15) is 12.8 Å². The van der Waals surface area contributed by atoms with Gasteiger partial charge in [-0.2, -0.15) is 4.31 Å². The highest BCUT2D eigenvalue weighted by Gasteiger charge is 2.31. The summed E-state index contributed by atoms with van der Waals surface area (Å²) in [5.74, 6) is -0.249. The number of nitro benzene ring substituents is 1. The third-order valence-corrected chi connectivity index (χ3v) is 5.67. The molecule has 0 saturated carbocycles. The zero-order valence-electron chi connectivity index (χ0n) is 12.1. The molecule has 22 heavy (non-hydrogen) atoms. The number of amides is 1. The minimum absolute atomic E-state index is 0.0245. The van der Waals surface area contributed by atoms with Gasteiger partial charge in [0, 0.05) is 38.2 Å². The lowest BCUT2D eigenvalue weighted by Gasteiger charge is -2.30. The molecular weight excluding hydrogens is 310 g/mol. The number of piperidine rings is 1. The van der Waals surface area contributed by atoms with Gasteiger partial charge in [0.1, 0.15) is 0 Å². The second-order valence-electron chi connectivity index (χ2n) is 5.04. The molecule has 0 unspecified atom stereocenters. The Bertz CT molecular complexity index is 663. The van der Waals surface area contributed by atoms with E-state index in [0.717, 1.165) is 0 Å². The quantitative estimate of drug-likeness (QED) is 0.648. The van der Waals surface area contributed by atoms with Gasteiger partial charge in [0.25, 0.3) is 5.69 Å². The maximum absolute atomic E-state index is 12.5. The first-order valence-corrected chi connectivity index (χ1v) is 8.26. The number of hydrogen-bond donors (Lipinski definition) is 1. The van der Waals surface area contributed by atoms with Crippen LogP contribution in [-0.4, -0.2) is 43.7 Å². The number of benzene rings is 1. The van der Waals surface area contributed by atoms with E-state index in [-0.39, 0.29) is 35.5 Å². The molecule has 1 saturated heterocycles. The SMILES string of the molecule is CNC(=O)C1CCN(S(=O)(=O)c2ccc([N+](=O)[O-])cc2)CC1. The number of non-ortho nitro benzene ring substituents is 1.